The molecule has 1 unspecified atom stereocenters. The molecular formula is C15H28O5. The molecule has 0 aliphatic rings. The van der Waals surface area contributed by atoms with Crippen LogP contribution in [0, 0.1) is 13.8 Å². The number of methoxy groups -OCH3 is 1. The number of aliphatic carboxylic acids is 1. The van der Waals surface area contributed by atoms with Gasteiger partial charge >= 0.3 is 0 Å². The number of carbonyl (C=O) groups is 1. The van der Waals surface area contributed by atoms with Crippen LogP contribution >= 0.6 is 0 Å². The summed E-state index contributed by atoms with van der Waals surface area (Å²) in [6, 6.07) is 8.36. The molecule has 1 rings (SSSR count). The number of hydrogen-bond donors (Lipinski definition) is 3. The standard InChI is InChI=1S/C8H10.C3H8O2.C2H4O2.C2H6O/c1-7-5-3-4-6-8(7)2;1-3(5)2-4;1-2(3)4;1-3-2/h3-6H,1-2H3;3-5H,2H2,1H3;1H3,(H,3,4);1-2H3. The molecule has 0 saturated carbocycles. The predicted molar refractivity (Wildman–Crippen MR) is 80.9 cm³/mol. The molecule has 0 radical (unpaired) electrons. The van der Waals surface area contributed by atoms with Crippen molar-refractivity contribution in [1.29, 1.82) is 0 Å². The Kier molecular flexibility index (Phi) is 20.8. The van der Waals surface area contributed by atoms with Gasteiger partial charge in [0.1, 0.15) is 0 Å². The van der Waals surface area contributed by atoms with Crippen LogP contribution in [0.5, 0.6) is 0 Å². The van der Waals surface area contributed by atoms with Gasteiger partial charge in [0.05, 0.1) is 12.7 Å². The SMILES string of the molecule is CC(=O)O.CC(O)CO.COC.Cc1ccccc1C. The number of ether oxygens (including phenoxy) is 1. The van der Waals surface area contributed by atoms with E-state index in [0.29, 0.717) is 0 Å². The lowest BCUT2D eigenvalue weighted by Crippen LogP contribution is -2.03. The van der Waals surface area contributed by atoms with E-state index in [1.807, 2.05) is 0 Å². The van der Waals surface area contributed by atoms with E-state index in [1.165, 1.54) is 18.1 Å². The molecule has 0 aliphatic heterocycles. The number of carboxylic acid groups (broad SMARTS) is 1. The molecule has 118 valence electrons. The van der Waals surface area contributed by atoms with Gasteiger partial charge in [0.15, 0.2) is 0 Å². The van der Waals surface area contributed by atoms with Crippen LogP contribution in [0.15, 0.2) is 24.3 Å². The van der Waals surface area contributed by atoms with E-state index < -0.39 is 12.1 Å². The number of hydrogen-bond acceptors (Lipinski definition) is 4. The van der Waals surface area contributed by atoms with Gasteiger partial charge in [-0.05, 0) is 31.9 Å². The van der Waals surface area contributed by atoms with Gasteiger partial charge in [-0.1, -0.05) is 24.3 Å². The summed E-state index contributed by atoms with van der Waals surface area (Å²) in [4.78, 5) is 9.00. The van der Waals surface area contributed by atoms with Crippen LogP contribution < -0.4 is 0 Å². The fourth-order valence-corrected chi connectivity index (χ4v) is 0.663. The summed E-state index contributed by atoms with van der Waals surface area (Å²) in [5, 5.41) is 23.4. The zero-order valence-corrected chi connectivity index (χ0v) is 13.3. The molecular weight excluding hydrogens is 260 g/mol. The van der Waals surface area contributed by atoms with Crippen LogP contribution in [-0.4, -0.2) is 48.2 Å². The monoisotopic (exact) mass is 288 g/mol. The lowest BCUT2D eigenvalue weighted by atomic mass is 10.1. The molecule has 0 heterocycles. The summed E-state index contributed by atoms with van der Waals surface area (Å²) in [7, 11) is 3.25. The summed E-state index contributed by atoms with van der Waals surface area (Å²) in [5.74, 6) is -0.833. The molecule has 5 nitrogen and oxygen atoms in total. The highest BCUT2D eigenvalue weighted by molar-refractivity contribution is 5.62. The molecule has 0 aromatic heterocycles. The van der Waals surface area contributed by atoms with Crippen molar-refractivity contribution in [3.63, 3.8) is 0 Å². The molecule has 0 fully saturated rings. The molecule has 0 saturated heterocycles. The molecule has 1 aromatic rings. The molecule has 0 bridgehead atoms. The Bertz CT molecular complexity index is 299. The van der Waals surface area contributed by atoms with Crippen molar-refractivity contribution in [1.82, 2.24) is 0 Å². The maximum atomic E-state index is 9.00. The third-order valence-corrected chi connectivity index (χ3v) is 1.69. The first-order chi connectivity index (χ1) is 9.22. The third-order valence-electron chi connectivity index (χ3n) is 1.69. The van der Waals surface area contributed by atoms with Crippen LogP contribution in [-0.2, 0) is 9.53 Å². The van der Waals surface area contributed by atoms with Crippen molar-refractivity contribution < 1.29 is 24.9 Å². The van der Waals surface area contributed by atoms with Gasteiger partial charge in [0.25, 0.3) is 5.97 Å². The molecule has 20 heavy (non-hydrogen) atoms. The Morgan fingerprint density at radius 3 is 1.50 bits per heavy atom. The summed E-state index contributed by atoms with van der Waals surface area (Å²) in [6.07, 6.45) is -0.560. The van der Waals surface area contributed by atoms with Crippen molar-refractivity contribution in [2.24, 2.45) is 0 Å². The third kappa shape index (κ3) is 30.0. The van der Waals surface area contributed by atoms with Gasteiger partial charge in [-0.25, -0.2) is 0 Å². The number of carboxylic acids is 1. The minimum atomic E-state index is -0.833. The molecule has 0 aliphatic carbocycles. The van der Waals surface area contributed by atoms with Crippen molar-refractivity contribution >= 4 is 5.97 Å². The smallest absolute Gasteiger partial charge is 0.300 e. The first-order valence-corrected chi connectivity index (χ1v) is 6.13. The number of rotatable bonds is 1. The normalized spacial score (nSPS) is 9.60. The zero-order valence-electron chi connectivity index (χ0n) is 13.3. The van der Waals surface area contributed by atoms with E-state index in [0.717, 1.165) is 6.92 Å². The zero-order chi connectivity index (χ0) is 16.6. The topological polar surface area (TPSA) is 87.0 Å². The second-order valence-electron chi connectivity index (χ2n) is 4.04. The molecule has 0 amide bonds. The van der Waals surface area contributed by atoms with E-state index in [-0.39, 0.29) is 6.61 Å². The van der Waals surface area contributed by atoms with E-state index in [4.69, 9.17) is 20.1 Å². The predicted octanol–water partition coefficient (Wildman–Crippen LogP) is 2.02. The summed E-state index contributed by atoms with van der Waals surface area (Å²) < 4.78 is 4.25. The van der Waals surface area contributed by atoms with Gasteiger partial charge < -0.3 is 20.1 Å². The average molecular weight is 288 g/mol. The van der Waals surface area contributed by atoms with E-state index in [9.17, 15) is 0 Å². The Morgan fingerprint density at radius 1 is 1.20 bits per heavy atom. The van der Waals surface area contributed by atoms with Crippen LogP contribution in [0.1, 0.15) is 25.0 Å². The molecule has 1 aromatic carbocycles. The second-order valence-corrected chi connectivity index (χ2v) is 4.04. The number of aryl methyl sites for hydroxylation is 2. The second kappa shape index (κ2) is 17.6. The van der Waals surface area contributed by atoms with E-state index in [2.05, 4.69) is 42.8 Å². The van der Waals surface area contributed by atoms with Gasteiger partial charge in [0.2, 0.25) is 0 Å². The highest BCUT2D eigenvalue weighted by Gasteiger charge is 1.84. The largest absolute Gasteiger partial charge is 0.481 e. The minimum absolute atomic E-state index is 0.139. The molecule has 1 atom stereocenters. The van der Waals surface area contributed by atoms with Crippen molar-refractivity contribution in [2.45, 2.75) is 33.8 Å². The Hall–Kier alpha value is -1.43. The van der Waals surface area contributed by atoms with E-state index in [1.54, 1.807) is 14.2 Å². The Morgan fingerprint density at radius 2 is 1.40 bits per heavy atom. The molecule has 3 N–H and O–H groups in total. The molecule has 5 heteroatoms. The van der Waals surface area contributed by atoms with Gasteiger partial charge in [-0.15, -0.1) is 0 Å². The Balaban J connectivity index is -0.000000211. The number of aliphatic hydroxyl groups excluding tert-OH is 2. The minimum Gasteiger partial charge on any atom is -0.481 e. The van der Waals surface area contributed by atoms with Crippen molar-refractivity contribution in [2.75, 3.05) is 20.8 Å². The van der Waals surface area contributed by atoms with E-state index >= 15 is 0 Å². The maximum absolute atomic E-state index is 9.00. The average Bonchev–Trinajstić information content (AvgIpc) is 2.34. The first kappa shape index (κ1) is 23.6. The summed E-state index contributed by atoms with van der Waals surface area (Å²) in [5.41, 5.74) is 2.74. The van der Waals surface area contributed by atoms with Crippen molar-refractivity contribution in [3.05, 3.63) is 35.4 Å². The highest BCUT2D eigenvalue weighted by Crippen LogP contribution is 2.02. The van der Waals surface area contributed by atoms with Gasteiger partial charge in [0, 0.05) is 21.1 Å². The lowest BCUT2D eigenvalue weighted by molar-refractivity contribution is -0.134. The molecule has 0 spiro atoms. The maximum Gasteiger partial charge on any atom is 0.300 e. The van der Waals surface area contributed by atoms with Crippen LogP contribution in [0.3, 0.4) is 0 Å². The summed E-state index contributed by atoms with van der Waals surface area (Å²) >= 11 is 0. The number of aliphatic hydroxyl groups is 2. The van der Waals surface area contributed by atoms with Crippen LogP contribution in [0.2, 0.25) is 0 Å². The highest BCUT2D eigenvalue weighted by atomic mass is 16.4. The fourth-order valence-electron chi connectivity index (χ4n) is 0.663. The lowest BCUT2D eigenvalue weighted by Gasteiger charge is -1.93. The summed E-state index contributed by atoms with van der Waals surface area (Å²) in [6.45, 7) is 6.71. The van der Waals surface area contributed by atoms with Gasteiger partial charge in [-0.3, -0.25) is 4.79 Å². The quantitative estimate of drug-likeness (QED) is 0.736. The van der Waals surface area contributed by atoms with Gasteiger partial charge in [-0.2, -0.15) is 0 Å². The van der Waals surface area contributed by atoms with Crippen molar-refractivity contribution in [3.8, 4) is 0 Å². The number of benzene rings is 1. The first-order valence-electron chi connectivity index (χ1n) is 6.13. The Labute approximate surface area is 121 Å². The fraction of sp³-hybridized carbons (Fsp3) is 0.533. The van der Waals surface area contributed by atoms with Crippen LogP contribution in [0.4, 0.5) is 0 Å². The van der Waals surface area contributed by atoms with Crippen LogP contribution in [0.25, 0.3) is 0 Å².